The van der Waals surface area contributed by atoms with Gasteiger partial charge in [0, 0.05) is 11.6 Å². The number of thioether (sulfide) groups is 1. The van der Waals surface area contributed by atoms with Crippen LogP contribution in [0, 0.1) is 0 Å². The second kappa shape index (κ2) is 8.85. The van der Waals surface area contributed by atoms with E-state index in [1.165, 1.54) is 23.1 Å². The van der Waals surface area contributed by atoms with Crippen LogP contribution in [0.15, 0.2) is 82.1 Å². The molecule has 1 aromatic heterocycles. The fourth-order valence-electron chi connectivity index (χ4n) is 3.79. The summed E-state index contributed by atoms with van der Waals surface area (Å²) in [5, 5.41) is 11.1. The van der Waals surface area contributed by atoms with Crippen molar-refractivity contribution in [3.63, 3.8) is 0 Å². The van der Waals surface area contributed by atoms with E-state index in [2.05, 4.69) is 0 Å². The Balaban J connectivity index is 1.39. The molecule has 0 unspecified atom stereocenters. The van der Waals surface area contributed by atoms with E-state index in [0.717, 1.165) is 28.1 Å². The average molecular weight is 490 g/mol. The van der Waals surface area contributed by atoms with E-state index in [4.69, 9.17) is 16.0 Å². The molecule has 1 aliphatic rings. The molecule has 1 N–H and O–H groups in total. The summed E-state index contributed by atoms with van der Waals surface area (Å²) in [7, 11) is 0. The van der Waals surface area contributed by atoms with Gasteiger partial charge in [-0.05, 0) is 58.4 Å². The zero-order chi connectivity index (χ0) is 23.8. The van der Waals surface area contributed by atoms with Gasteiger partial charge >= 0.3 is 5.97 Å². The number of amides is 2. The van der Waals surface area contributed by atoms with Gasteiger partial charge in [0.25, 0.3) is 11.1 Å². The molecular formula is C26H16ClNO5S. The van der Waals surface area contributed by atoms with Gasteiger partial charge in [0.2, 0.25) is 0 Å². The standard InChI is InChI=1S/C26H16ClNO5S/c27-21-10-8-16(12-20(21)25(30)31)22-11-9-18(33-22)13-23-24(29)28(26(32)34-23)14-17-6-3-5-15-4-1-2-7-19(15)17/h1-13H,14H2,(H,30,31)/b23-13+. The molecule has 1 saturated heterocycles. The van der Waals surface area contributed by atoms with Crippen molar-refractivity contribution < 1.29 is 23.9 Å². The molecule has 0 spiro atoms. The molecule has 34 heavy (non-hydrogen) atoms. The second-order valence-electron chi connectivity index (χ2n) is 7.61. The molecule has 0 atom stereocenters. The van der Waals surface area contributed by atoms with Crippen molar-refractivity contribution in [3.8, 4) is 11.3 Å². The third kappa shape index (κ3) is 4.11. The fourth-order valence-corrected chi connectivity index (χ4v) is 4.81. The molecule has 168 valence electrons. The van der Waals surface area contributed by atoms with Gasteiger partial charge in [-0.15, -0.1) is 0 Å². The maximum absolute atomic E-state index is 13.0. The van der Waals surface area contributed by atoms with Gasteiger partial charge in [-0.1, -0.05) is 54.1 Å². The number of rotatable bonds is 5. The van der Waals surface area contributed by atoms with Gasteiger partial charge in [-0.25, -0.2) is 4.79 Å². The average Bonchev–Trinajstić information content (AvgIpc) is 3.39. The summed E-state index contributed by atoms with van der Waals surface area (Å²) in [6.45, 7) is 0.176. The Labute approximate surface area is 203 Å². The monoisotopic (exact) mass is 489 g/mol. The predicted octanol–water partition coefficient (Wildman–Crippen LogP) is 6.69. The Morgan fingerprint density at radius 2 is 1.82 bits per heavy atom. The van der Waals surface area contributed by atoms with Crippen LogP contribution in [-0.4, -0.2) is 27.1 Å². The highest BCUT2D eigenvalue weighted by molar-refractivity contribution is 8.18. The maximum Gasteiger partial charge on any atom is 0.337 e. The van der Waals surface area contributed by atoms with Crippen LogP contribution in [0.1, 0.15) is 21.7 Å². The molecule has 0 saturated carbocycles. The van der Waals surface area contributed by atoms with E-state index in [1.807, 2.05) is 42.5 Å². The summed E-state index contributed by atoms with van der Waals surface area (Å²) < 4.78 is 5.79. The third-order valence-electron chi connectivity index (χ3n) is 5.46. The molecular weight excluding hydrogens is 474 g/mol. The zero-order valence-electron chi connectivity index (χ0n) is 17.5. The van der Waals surface area contributed by atoms with Crippen LogP contribution in [0.2, 0.25) is 5.02 Å². The van der Waals surface area contributed by atoms with E-state index in [-0.39, 0.29) is 33.2 Å². The minimum Gasteiger partial charge on any atom is -0.478 e. The van der Waals surface area contributed by atoms with Crippen molar-refractivity contribution in [3.05, 3.63) is 99.6 Å². The van der Waals surface area contributed by atoms with Crippen LogP contribution in [0.3, 0.4) is 0 Å². The number of hydrogen-bond donors (Lipinski definition) is 1. The number of carboxylic acid groups (broad SMARTS) is 1. The van der Waals surface area contributed by atoms with Crippen LogP contribution < -0.4 is 0 Å². The summed E-state index contributed by atoms with van der Waals surface area (Å²) in [5.74, 6) is -0.739. The summed E-state index contributed by atoms with van der Waals surface area (Å²) >= 11 is 6.79. The van der Waals surface area contributed by atoms with Crippen molar-refractivity contribution in [2.45, 2.75) is 6.54 Å². The Morgan fingerprint density at radius 1 is 1.03 bits per heavy atom. The summed E-state index contributed by atoms with van der Waals surface area (Å²) in [5.41, 5.74) is 1.39. The van der Waals surface area contributed by atoms with E-state index in [9.17, 15) is 19.5 Å². The molecule has 5 rings (SSSR count). The molecule has 0 radical (unpaired) electrons. The minimum absolute atomic E-state index is 0.0355. The van der Waals surface area contributed by atoms with Crippen LogP contribution in [0.4, 0.5) is 4.79 Å². The molecule has 4 aromatic rings. The molecule has 2 amide bonds. The first-order chi connectivity index (χ1) is 16.4. The second-order valence-corrected chi connectivity index (χ2v) is 9.01. The molecule has 3 aromatic carbocycles. The Morgan fingerprint density at radius 3 is 2.65 bits per heavy atom. The van der Waals surface area contributed by atoms with Gasteiger partial charge in [-0.3, -0.25) is 14.5 Å². The number of carbonyl (C=O) groups is 3. The van der Waals surface area contributed by atoms with E-state index in [1.54, 1.807) is 18.2 Å². The van der Waals surface area contributed by atoms with Crippen molar-refractivity contribution >= 4 is 57.3 Å². The van der Waals surface area contributed by atoms with Crippen LogP contribution in [0.25, 0.3) is 28.2 Å². The van der Waals surface area contributed by atoms with Crippen LogP contribution >= 0.6 is 23.4 Å². The van der Waals surface area contributed by atoms with E-state index >= 15 is 0 Å². The zero-order valence-corrected chi connectivity index (χ0v) is 19.1. The number of imide groups is 1. The molecule has 8 heteroatoms. The Bertz CT molecular complexity index is 1500. The number of aromatic carboxylic acids is 1. The number of fused-ring (bicyclic) bond motifs is 1. The predicted molar refractivity (Wildman–Crippen MR) is 132 cm³/mol. The van der Waals surface area contributed by atoms with Crippen LogP contribution in [0.5, 0.6) is 0 Å². The largest absolute Gasteiger partial charge is 0.478 e. The topological polar surface area (TPSA) is 87.8 Å². The molecule has 1 fully saturated rings. The number of carbonyl (C=O) groups excluding carboxylic acids is 2. The first-order valence-electron chi connectivity index (χ1n) is 10.3. The van der Waals surface area contributed by atoms with Gasteiger partial charge in [-0.2, -0.15) is 0 Å². The lowest BCUT2D eigenvalue weighted by atomic mass is 10.0. The lowest BCUT2D eigenvalue weighted by Gasteiger charge is -2.14. The molecule has 2 heterocycles. The first kappa shape index (κ1) is 22.0. The summed E-state index contributed by atoms with van der Waals surface area (Å²) in [4.78, 5) is 38.4. The highest BCUT2D eigenvalue weighted by Gasteiger charge is 2.35. The highest BCUT2D eigenvalue weighted by Crippen LogP contribution is 2.35. The van der Waals surface area contributed by atoms with Gasteiger partial charge < -0.3 is 9.52 Å². The summed E-state index contributed by atoms with van der Waals surface area (Å²) in [6.07, 6.45) is 1.52. The summed E-state index contributed by atoms with van der Waals surface area (Å²) in [6, 6.07) is 21.5. The number of carboxylic acids is 1. The smallest absolute Gasteiger partial charge is 0.337 e. The number of halogens is 1. The SMILES string of the molecule is O=C(O)c1cc(-c2ccc(/C=C3/SC(=O)N(Cc4cccc5ccccc45)C3=O)o2)ccc1Cl. The molecule has 0 aliphatic carbocycles. The van der Waals surface area contributed by atoms with Crippen molar-refractivity contribution in [1.82, 2.24) is 4.90 Å². The van der Waals surface area contributed by atoms with Gasteiger partial charge in [0.05, 0.1) is 22.0 Å². The molecule has 0 bridgehead atoms. The number of nitrogens with zero attached hydrogens (tertiary/aromatic N) is 1. The number of furan rings is 1. The number of benzene rings is 3. The van der Waals surface area contributed by atoms with E-state index in [0.29, 0.717) is 17.1 Å². The number of hydrogen-bond acceptors (Lipinski definition) is 5. The van der Waals surface area contributed by atoms with Gasteiger partial charge in [0.1, 0.15) is 11.5 Å². The molecule has 1 aliphatic heterocycles. The normalized spacial score (nSPS) is 15.0. The first-order valence-corrected chi connectivity index (χ1v) is 11.5. The molecule has 6 nitrogen and oxygen atoms in total. The fraction of sp³-hybridized carbons (Fsp3) is 0.0385. The van der Waals surface area contributed by atoms with Crippen molar-refractivity contribution in [2.24, 2.45) is 0 Å². The van der Waals surface area contributed by atoms with Crippen molar-refractivity contribution in [2.75, 3.05) is 0 Å². The van der Waals surface area contributed by atoms with Gasteiger partial charge in [0.15, 0.2) is 0 Å². The maximum atomic E-state index is 13.0. The lowest BCUT2D eigenvalue weighted by Crippen LogP contribution is -2.27. The third-order valence-corrected chi connectivity index (χ3v) is 6.70. The van der Waals surface area contributed by atoms with Crippen molar-refractivity contribution in [1.29, 1.82) is 0 Å². The lowest BCUT2D eigenvalue weighted by molar-refractivity contribution is -0.123. The minimum atomic E-state index is -1.14. The quantitative estimate of drug-likeness (QED) is 0.314. The Hall–Kier alpha value is -3.81. The highest BCUT2D eigenvalue weighted by atomic mass is 35.5. The Kier molecular flexibility index (Phi) is 5.73. The van der Waals surface area contributed by atoms with E-state index < -0.39 is 5.97 Å². The van der Waals surface area contributed by atoms with Crippen LogP contribution in [-0.2, 0) is 11.3 Å².